The van der Waals surface area contributed by atoms with Crippen molar-refractivity contribution < 1.29 is 0 Å². The average molecular weight is 359 g/mol. The minimum Gasteiger partial charge on any atom is -0.314 e. The third kappa shape index (κ3) is 2.69. The molecule has 28 heavy (non-hydrogen) atoms. The molecule has 5 aromatic rings. The van der Waals surface area contributed by atoms with Gasteiger partial charge in [0.1, 0.15) is 0 Å². The maximum atomic E-state index is 7.24. The van der Waals surface area contributed by atoms with E-state index in [0.717, 1.165) is 16.7 Å². The van der Waals surface area contributed by atoms with Gasteiger partial charge in [0, 0.05) is 0 Å². The lowest BCUT2D eigenvalue weighted by atomic mass is 9.77. The van der Waals surface area contributed by atoms with E-state index < -0.39 is 5.54 Å². The Morgan fingerprint density at radius 2 is 0.821 bits per heavy atom. The van der Waals surface area contributed by atoms with E-state index in [9.17, 15) is 0 Å². The predicted molar refractivity (Wildman–Crippen MR) is 118 cm³/mol. The molecule has 0 aliphatic carbocycles. The highest BCUT2D eigenvalue weighted by Crippen LogP contribution is 2.36. The van der Waals surface area contributed by atoms with E-state index in [2.05, 4.69) is 109 Å². The number of hydrogen-bond acceptors (Lipinski definition) is 1. The molecular formula is C27H21N. The average Bonchev–Trinajstić information content (AvgIpc) is 2.78. The first kappa shape index (κ1) is 16.7. The van der Waals surface area contributed by atoms with Gasteiger partial charge in [0.05, 0.1) is 5.54 Å². The topological polar surface area (TPSA) is 26.0 Å². The molecule has 1 nitrogen and oxygen atoms in total. The van der Waals surface area contributed by atoms with Gasteiger partial charge >= 0.3 is 0 Å². The summed E-state index contributed by atoms with van der Waals surface area (Å²) in [6.07, 6.45) is 0. The van der Waals surface area contributed by atoms with Gasteiger partial charge in [-0.3, -0.25) is 0 Å². The summed E-state index contributed by atoms with van der Waals surface area (Å²) in [5, 5.41) is 4.85. The summed E-state index contributed by atoms with van der Waals surface area (Å²) < 4.78 is 0. The second-order valence-corrected chi connectivity index (χ2v) is 7.30. The van der Waals surface area contributed by atoms with Crippen molar-refractivity contribution in [3.8, 4) is 0 Å². The Labute approximate surface area is 165 Å². The van der Waals surface area contributed by atoms with Crippen molar-refractivity contribution in [2.24, 2.45) is 5.73 Å². The van der Waals surface area contributed by atoms with Gasteiger partial charge in [-0.1, -0.05) is 103 Å². The monoisotopic (exact) mass is 359 g/mol. The van der Waals surface area contributed by atoms with E-state index >= 15 is 0 Å². The Balaban J connectivity index is 1.79. The summed E-state index contributed by atoms with van der Waals surface area (Å²) in [7, 11) is 0. The third-order valence-electron chi connectivity index (χ3n) is 5.64. The van der Waals surface area contributed by atoms with Crippen molar-refractivity contribution in [1.29, 1.82) is 0 Å². The van der Waals surface area contributed by atoms with Crippen LogP contribution in [0.3, 0.4) is 0 Å². The number of benzene rings is 5. The van der Waals surface area contributed by atoms with Crippen molar-refractivity contribution in [3.05, 3.63) is 132 Å². The predicted octanol–water partition coefficient (Wildman–Crippen LogP) is 6.24. The number of rotatable bonds is 3. The molecule has 0 bridgehead atoms. The van der Waals surface area contributed by atoms with Gasteiger partial charge in [-0.2, -0.15) is 0 Å². The van der Waals surface area contributed by atoms with Crippen LogP contribution in [-0.2, 0) is 5.54 Å². The fraction of sp³-hybridized carbons (Fsp3) is 0.0370. The summed E-state index contributed by atoms with van der Waals surface area (Å²) in [6.45, 7) is 0. The highest BCUT2D eigenvalue weighted by molar-refractivity contribution is 5.85. The Morgan fingerprint density at radius 3 is 1.32 bits per heavy atom. The van der Waals surface area contributed by atoms with Crippen LogP contribution in [0.4, 0.5) is 0 Å². The zero-order chi connectivity index (χ0) is 19.0. The van der Waals surface area contributed by atoms with Crippen LogP contribution < -0.4 is 5.73 Å². The molecule has 5 rings (SSSR count). The zero-order valence-electron chi connectivity index (χ0n) is 15.5. The Bertz CT molecular complexity index is 1190. The summed E-state index contributed by atoms with van der Waals surface area (Å²) >= 11 is 0. The molecule has 1 heteroatoms. The first-order valence-electron chi connectivity index (χ1n) is 9.58. The van der Waals surface area contributed by atoms with Gasteiger partial charge in [-0.15, -0.1) is 0 Å². The van der Waals surface area contributed by atoms with E-state index in [1.165, 1.54) is 21.5 Å². The Morgan fingerprint density at radius 1 is 0.393 bits per heavy atom. The first-order valence-corrected chi connectivity index (χ1v) is 9.58. The van der Waals surface area contributed by atoms with Gasteiger partial charge in [0.2, 0.25) is 0 Å². The van der Waals surface area contributed by atoms with Crippen LogP contribution in [0, 0.1) is 0 Å². The van der Waals surface area contributed by atoms with Gasteiger partial charge in [-0.05, 0) is 50.4 Å². The van der Waals surface area contributed by atoms with Gasteiger partial charge < -0.3 is 5.73 Å². The second-order valence-electron chi connectivity index (χ2n) is 7.30. The van der Waals surface area contributed by atoms with Crippen LogP contribution >= 0.6 is 0 Å². The maximum absolute atomic E-state index is 7.24. The van der Waals surface area contributed by atoms with Gasteiger partial charge in [0.25, 0.3) is 0 Å². The Hall–Kier alpha value is -3.42. The van der Waals surface area contributed by atoms with Crippen molar-refractivity contribution >= 4 is 21.5 Å². The number of nitrogens with two attached hydrogens (primary N) is 1. The molecule has 0 aliphatic heterocycles. The van der Waals surface area contributed by atoms with Crippen LogP contribution in [0.1, 0.15) is 16.7 Å². The molecule has 0 atom stereocenters. The van der Waals surface area contributed by atoms with Gasteiger partial charge in [0.15, 0.2) is 0 Å². The van der Waals surface area contributed by atoms with E-state index in [1.807, 2.05) is 6.07 Å². The smallest absolute Gasteiger partial charge is 0.0923 e. The molecule has 0 saturated carbocycles. The molecule has 0 radical (unpaired) electrons. The van der Waals surface area contributed by atoms with E-state index in [0.29, 0.717) is 0 Å². The normalized spacial score (nSPS) is 11.8. The van der Waals surface area contributed by atoms with Crippen LogP contribution in [0.2, 0.25) is 0 Å². The number of hydrogen-bond donors (Lipinski definition) is 1. The highest BCUT2D eigenvalue weighted by Gasteiger charge is 2.32. The van der Waals surface area contributed by atoms with E-state index in [-0.39, 0.29) is 0 Å². The first-order chi connectivity index (χ1) is 13.7. The lowest BCUT2D eigenvalue weighted by Crippen LogP contribution is -2.39. The minimum atomic E-state index is -0.727. The quantitative estimate of drug-likeness (QED) is 0.379. The third-order valence-corrected chi connectivity index (χ3v) is 5.64. The highest BCUT2D eigenvalue weighted by atomic mass is 14.7. The molecule has 5 aromatic carbocycles. The second kappa shape index (κ2) is 6.63. The summed E-state index contributed by atoms with van der Waals surface area (Å²) in [5.74, 6) is 0. The standard InChI is InChI=1S/C27H21N/c28-27(24-12-2-1-3-13-24,25-16-14-20-8-4-6-10-22(20)18-25)26-17-15-21-9-5-7-11-23(21)19-26/h1-19H,28H2. The Kier molecular flexibility index (Phi) is 3.96. The summed E-state index contributed by atoms with van der Waals surface area (Å²) in [6, 6.07) is 40.3. The zero-order valence-corrected chi connectivity index (χ0v) is 15.5. The lowest BCUT2D eigenvalue weighted by Gasteiger charge is -2.32. The molecule has 0 spiro atoms. The number of fused-ring (bicyclic) bond motifs is 2. The molecular weight excluding hydrogens is 338 g/mol. The maximum Gasteiger partial charge on any atom is 0.0923 e. The van der Waals surface area contributed by atoms with Gasteiger partial charge in [-0.25, -0.2) is 0 Å². The lowest BCUT2D eigenvalue weighted by molar-refractivity contribution is 0.655. The van der Waals surface area contributed by atoms with Crippen LogP contribution in [0.5, 0.6) is 0 Å². The van der Waals surface area contributed by atoms with Crippen molar-refractivity contribution in [2.45, 2.75) is 5.54 Å². The molecule has 0 aliphatic rings. The minimum absolute atomic E-state index is 0.727. The molecule has 134 valence electrons. The molecule has 0 fully saturated rings. The van der Waals surface area contributed by atoms with Crippen LogP contribution in [-0.4, -0.2) is 0 Å². The molecule has 0 unspecified atom stereocenters. The summed E-state index contributed by atoms with van der Waals surface area (Å²) in [5.41, 5.74) is 9.78. The fourth-order valence-electron chi connectivity index (χ4n) is 4.07. The van der Waals surface area contributed by atoms with E-state index in [4.69, 9.17) is 5.73 Å². The van der Waals surface area contributed by atoms with E-state index in [1.54, 1.807) is 0 Å². The van der Waals surface area contributed by atoms with Crippen LogP contribution in [0.15, 0.2) is 115 Å². The van der Waals surface area contributed by atoms with Crippen LogP contribution in [0.25, 0.3) is 21.5 Å². The molecule has 0 saturated heterocycles. The molecule has 2 N–H and O–H groups in total. The van der Waals surface area contributed by atoms with Crippen molar-refractivity contribution in [2.75, 3.05) is 0 Å². The fourth-order valence-corrected chi connectivity index (χ4v) is 4.07. The largest absolute Gasteiger partial charge is 0.314 e. The van der Waals surface area contributed by atoms with Crippen molar-refractivity contribution in [1.82, 2.24) is 0 Å². The summed E-state index contributed by atoms with van der Waals surface area (Å²) in [4.78, 5) is 0. The molecule has 0 heterocycles. The molecule has 0 amide bonds. The molecule has 0 aromatic heterocycles. The van der Waals surface area contributed by atoms with Crippen molar-refractivity contribution in [3.63, 3.8) is 0 Å². The SMILES string of the molecule is NC(c1ccccc1)(c1ccc2ccccc2c1)c1ccc2ccccc2c1.